The van der Waals surface area contributed by atoms with Gasteiger partial charge in [0.05, 0.1) is 24.9 Å². The quantitative estimate of drug-likeness (QED) is 0.783. The molecule has 3 heterocycles. The Kier molecular flexibility index (Phi) is 5.14. The van der Waals surface area contributed by atoms with Crippen LogP contribution in [-0.2, 0) is 26.3 Å². The van der Waals surface area contributed by atoms with E-state index in [1.165, 1.54) is 7.05 Å². The molecule has 0 spiro atoms. The smallest absolute Gasteiger partial charge is 0.280 e. The zero-order chi connectivity index (χ0) is 18.2. The van der Waals surface area contributed by atoms with E-state index in [0.29, 0.717) is 39.3 Å². The van der Waals surface area contributed by atoms with Gasteiger partial charge in [0.25, 0.3) is 10.2 Å². The van der Waals surface area contributed by atoms with Crippen molar-refractivity contribution < 1.29 is 17.9 Å². The van der Waals surface area contributed by atoms with E-state index >= 15 is 0 Å². The van der Waals surface area contributed by atoms with Crippen molar-refractivity contribution in [1.29, 1.82) is 0 Å². The summed E-state index contributed by atoms with van der Waals surface area (Å²) < 4.78 is 36.0. The summed E-state index contributed by atoms with van der Waals surface area (Å²) in [5.74, 6) is -0.165. The standard InChI is InChI=1S/C15H25N5O4S/c1-4-20-10-12(11(2)16-20)13-9-14(18(3)25(22,23)17-13)15(21)19-5-7-24-8-6-19/h10,13-14,17H,4-9H2,1-3H3/t13-,14-/m0/s1. The van der Waals surface area contributed by atoms with Crippen LogP contribution >= 0.6 is 0 Å². The zero-order valence-corrected chi connectivity index (χ0v) is 15.6. The van der Waals surface area contributed by atoms with Crippen molar-refractivity contribution in [3.8, 4) is 0 Å². The molecule has 0 bridgehead atoms. The maximum absolute atomic E-state index is 12.9. The van der Waals surface area contributed by atoms with E-state index in [1.807, 2.05) is 20.0 Å². The van der Waals surface area contributed by atoms with E-state index < -0.39 is 22.3 Å². The minimum atomic E-state index is -3.74. The van der Waals surface area contributed by atoms with Crippen molar-refractivity contribution in [2.24, 2.45) is 0 Å². The third kappa shape index (κ3) is 3.57. The molecule has 25 heavy (non-hydrogen) atoms. The first kappa shape index (κ1) is 18.3. The van der Waals surface area contributed by atoms with Crippen molar-refractivity contribution in [3.63, 3.8) is 0 Å². The lowest BCUT2D eigenvalue weighted by atomic mass is 9.99. The van der Waals surface area contributed by atoms with E-state index in [-0.39, 0.29) is 5.91 Å². The normalized spacial score (nSPS) is 27.4. The van der Waals surface area contributed by atoms with Gasteiger partial charge in [-0.2, -0.15) is 22.5 Å². The fraction of sp³-hybridized carbons (Fsp3) is 0.733. The number of hydrogen-bond acceptors (Lipinski definition) is 5. The van der Waals surface area contributed by atoms with Crippen LogP contribution in [0.25, 0.3) is 0 Å². The maximum atomic E-state index is 12.9. The van der Waals surface area contributed by atoms with Crippen LogP contribution in [0.1, 0.15) is 30.6 Å². The van der Waals surface area contributed by atoms with E-state index in [0.717, 1.165) is 15.6 Å². The van der Waals surface area contributed by atoms with Crippen molar-refractivity contribution in [1.82, 2.24) is 23.7 Å². The van der Waals surface area contributed by atoms with Gasteiger partial charge in [-0.15, -0.1) is 0 Å². The minimum absolute atomic E-state index is 0.165. The molecule has 0 aromatic carbocycles. The summed E-state index contributed by atoms with van der Waals surface area (Å²) in [6.07, 6.45) is 2.23. The van der Waals surface area contributed by atoms with Crippen LogP contribution < -0.4 is 4.72 Å². The third-order valence-corrected chi connectivity index (χ3v) is 6.45. The van der Waals surface area contributed by atoms with E-state index in [2.05, 4.69) is 9.82 Å². The maximum Gasteiger partial charge on any atom is 0.280 e. The average molecular weight is 371 g/mol. The fourth-order valence-corrected chi connectivity index (χ4v) is 4.59. The Morgan fingerprint density at radius 3 is 2.68 bits per heavy atom. The number of morpholine rings is 1. The summed E-state index contributed by atoms with van der Waals surface area (Å²) in [7, 11) is -2.29. The van der Waals surface area contributed by atoms with Crippen LogP contribution in [0.3, 0.4) is 0 Å². The highest BCUT2D eigenvalue weighted by molar-refractivity contribution is 7.87. The highest BCUT2D eigenvalue weighted by atomic mass is 32.2. The van der Waals surface area contributed by atoms with Crippen molar-refractivity contribution in [3.05, 3.63) is 17.5 Å². The Morgan fingerprint density at radius 2 is 2.08 bits per heavy atom. The molecule has 3 rings (SSSR count). The number of amides is 1. The zero-order valence-electron chi connectivity index (χ0n) is 14.8. The highest BCUT2D eigenvalue weighted by Crippen LogP contribution is 2.30. The second-order valence-electron chi connectivity index (χ2n) is 6.41. The molecular weight excluding hydrogens is 346 g/mol. The van der Waals surface area contributed by atoms with Gasteiger partial charge in [-0.1, -0.05) is 0 Å². The number of nitrogens with one attached hydrogen (secondary N) is 1. The first-order valence-corrected chi connectivity index (χ1v) is 9.93. The first-order valence-electron chi connectivity index (χ1n) is 8.49. The van der Waals surface area contributed by atoms with Crippen molar-refractivity contribution in [2.45, 2.75) is 38.9 Å². The Balaban J connectivity index is 1.87. The highest BCUT2D eigenvalue weighted by Gasteiger charge is 2.43. The molecule has 2 aliphatic heterocycles. The largest absolute Gasteiger partial charge is 0.378 e. The fourth-order valence-electron chi connectivity index (χ4n) is 3.33. The van der Waals surface area contributed by atoms with Gasteiger partial charge in [0.1, 0.15) is 6.04 Å². The van der Waals surface area contributed by atoms with Crippen LogP contribution in [0.4, 0.5) is 0 Å². The molecule has 2 atom stereocenters. The monoisotopic (exact) mass is 371 g/mol. The van der Waals surface area contributed by atoms with E-state index in [1.54, 1.807) is 9.58 Å². The summed E-state index contributed by atoms with van der Waals surface area (Å²) >= 11 is 0. The van der Waals surface area contributed by atoms with Gasteiger partial charge in [0.2, 0.25) is 5.91 Å². The molecule has 0 radical (unpaired) electrons. The lowest BCUT2D eigenvalue weighted by molar-refractivity contribution is -0.139. The molecule has 10 heteroatoms. The van der Waals surface area contributed by atoms with Gasteiger partial charge < -0.3 is 9.64 Å². The van der Waals surface area contributed by atoms with Crippen LogP contribution in [0, 0.1) is 6.92 Å². The second kappa shape index (κ2) is 7.02. The number of likely N-dealkylation sites (N-methyl/N-ethyl adjacent to an activating group) is 1. The Morgan fingerprint density at radius 1 is 1.40 bits per heavy atom. The molecule has 2 fully saturated rings. The predicted octanol–water partition coefficient (Wildman–Crippen LogP) is -0.350. The van der Waals surface area contributed by atoms with E-state index in [4.69, 9.17) is 4.74 Å². The molecule has 0 aliphatic carbocycles. The second-order valence-corrected chi connectivity index (χ2v) is 8.17. The third-order valence-electron chi connectivity index (χ3n) is 4.86. The molecule has 0 unspecified atom stereocenters. The van der Waals surface area contributed by atoms with Crippen molar-refractivity contribution in [2.75, 3.05) is 33.4 Å². The molecule has 2 saturated heterocycles. The van der Waals surface area contributed by atoms with E-state index in [9.17, 15) is 13.2 Å². The SMILES string of the molecule is CCn1cc([C@@H]2C[C@@H](C(=O)N3CCOCC3)N(C)S(=O)(=O)N2)c(C)n1. The number of nitrogens with zero attached hydrogens (tertiary/aromatic N) is 4. The van der Waals surface area contributed by atoms with Crippen molar-refractivity contribution >= 4 is 16.1 Å². The summed E-state index contributed by atoms with van der Waals surface area (Å²) in [5, 5.41) is 4.39. The summed E-state index contributed by atoms with van der Waals surface area (Å²) in [6, 6.07) is -1.18. The number of carbonyl (C=O) groups excluding carboxylic acids is 1. The summed E-state index contributed by atoms with van der Waals surface area (Å²) in [5.41, 5.74) is 1.59. The first-order chi connectivity index (χ1) is 11.8. The lowest BCUT2D eigenvalue weighted by Gasteiger charge is -2.39. The Labute approximate surface area is 148 Å². The summed E-state index contributed by atoms with van der Waals surface area (Å²) in [4.78, 5) is 14.6. The minimum Gasteiger partial charge on any atom is -0.378 e. The number of hydrogen-bond donors (Lipinski definition) is 1. The van der Waals surface area contributed by atoms with Crippen LogP contribution in [0.2, 0.25) is 0 Å². The Bertz CT molecular complexity index is 741. The van der Waals surface area contributed by atoms with Gasteiger partial charge in [-0.3, -0.25) is 9.48 Å². The molecule has 2 aliphatic rings. The molecule has 9 nitrogen and oxygen atoms in total. The topological polar surface area (TPSA) is 96.8 Å². The molecular formula is C15H25N5O4S. The van der Waals surface area contributed by atoms with Crippen LogP contribution in [0.15, 0.2) is 6.20 Å². The molecule has 1 aromatic heterocycles. The molecule has 1 N–H and O–H groups in total. The van der Waals surface area contributed by atoms with Crippen LogP contribution in [0.5, 0.6) is 0 Å². The lowest BCUT2D eigenvalue weighted by Crippen LogP contribution is -2.59. The number of aromatic nitrogens is 2. The van der Waals surface area contributed by atoms with Gasteiger partial charge in [-0.05, 0) is 20.3 Å². The Hall–Kier alpha value is -1.49. The number of carbonyl (C=O) groups is 1. The van der Waals surface area contributed by atoms with Gasteiger partial charge >= 0.3 is 0 Å². The van der Waals surface area contributed by atoms with Gasteiger partial charge in [0, 0.05) is 38.4 Å². The van der Waals surface area contributed by atoms with Gasteiger partial charge in [-0.25, -0.2) is 0 Å². The van der Waals surface area contributed by atoms with Gasteiger partial charge in [0.15, 0.2) is 0 Å². The molecule has 0 saturated carbocycles. The molecule has 140 valence electrons. The average Bonchev–Trinajstić information content (AvgIpc) is 2.98. The number of aryl methyl sites for hydroxylation is 2. The molecule has 1 amide bonds. The predicted molar refractivity (Wildman–Crippen MR) is 91.0 cm³/mol. The molecule has 1 aromatic rings. The number of ether oxygens (including phenoxy) is 1. The van der Waals surface area contributed by atoms with Crippen LogP contribution in [-0.4, -0.2) is 72.7 Å². The summed E-state index contributed by atoms with van der Waals surface area (Å²) in [6.45, 7) is 6.49. The number of rotatable bonds is 3.